The average molecular weight is 341 g/mol. The molecule has 104 valence electrons. The molecule has 1 aromatic rings. The first-order valence-electron chi connectivity index (χ1n) is 6.88. The van der Waals surface area contributed by atoms with E-state index < -0.39 is 0 Å². The van der Waals surface area contributed by atoms with Gasteiger partial charge in [-0.05, 0) is 37.0 Å². The zero-order valence-corrected chi connectivity index (χ0v) is 13.8. The minimum atomic E-state index is 0.465. The smallest absolute Gasteiger partial charge is 0.106 e. The van der Waals surface area contributed by atoms with Gasteiger partial charge in [-0.2, -0.15) is 0 Å². The molecule has 0 radical (unpaired) electrons. The van der Waals surface area contributed by atoms with Crippen LogP contribution in [-0.2, 0) is 0 Å². The van der Waals surface area contributed by atoms with Crippen molar-refractivity contribution in [1.82, 2.24) is 0 Å². The lowest BCUT2D eigenvalue weighted by Crippen LogP contribution is -2.28. The van der Waals surface area contributed by atoms with Crippen LogP contribution in [0, 0.1) is 5.92 Å². The van der Waals surface area contributed by atoms with Crippen molar-refractivity contribution >= 4 is 38.8 Å². The summed E-state index contributed by atoms with van der Waals surface area (Å²) in [5.74, 6) is 0.807. The van der Waals surface area contributed by atoms with Crippen molar-refractivity contribution in [2.45, 2.75) is 32.1 Å². The van der Waals surface area contributed by atoms with Gasteiger partial charge in [-0.25, -0.2) is 0 Å². The second kappa shape index (κ2) is 6.71. The number of halogens is 1. The van der Waals surface area contributed by atoms with Crippen LogP contribution in [0.4, 0.5) is 5.69 Å². The monoisotopic (exact) mass is 340 g/mol. The molecule has 2 N–H and O–H groups in total. The molecule has 0 bridgehead atoms. The summed E-state index contributed by atoms with van der Waals surface area (Å²) < 4.78 is 1.02. The molecule has 1 aliphatic carbocycles. The van der Waals surface area contributed by atoms with Crippen molar-refractivity contribution in [2.75, 3.05) is 18.5 Å². The summed E-state index contributed by atoms with van der Waals surface area (Å²) in [6.07, 6.45) is 6.85. The van der Waals surface area contributed by atoms with Crippen molar-refractivity contribution in [2.24, 2.45) is 11.7 Å². The van der Waals surface area contributed by atoms with Gasteiger partial charge in [0.05, 0.1) is 0 Å². The normalized spacial score (nSPS) is 16.3. The summed E-state index contributed by atoms with van der Waals surface area (Å²) in [7, 11) is 2.14. The second-order valence-corrected chi connectivity index (χ2v) is 6.77. The Balaban J connectivity index is 2.13. The molecule has 0 heterocycles. The molecule has 2 nitrogen and oxygen atoms in total. The molecule has 1 aromatic carbocycles. The zero-order chi connectivity index (χ0) is 13.8. The molecule has 0 atom stereocenters. The summed E-state index contributed by atoms with van der Waals surface area (Å²) in [6.45, 7) is 1.09. The van der Waals surface area contributed by atoms with E-state index in [1.54, 1.807) is 0 Å². The van der Waals surface area contributed by atoms with Gasteiger partial charge in [-0.1, -0.05) is 47.4 Å². The Morgan fingerprint density at radius 1 is 1.37 bits per heavy atom. The maximum absolute atomic E-state index is 5.84. The topological polar surface area (TPSA) is 29.3 Å². The third-order valence-corrected chi connectivity index (χ3v) is 4.61. The molecular formula is C15H21BrN2S. The fraction of sp³-hybridized carbons (Fsp3) is 0.533. The molecule has 0 amide bonds. The summed E-state index contributed by atoms with van der Waals surface area (Å²) in [6, 6.07) is 6.16. The highest BCUT2D eigenvalue weighted by atomic mass is 79.9. The van der Waals surface area contributed by atoms with Gasteiger partial charge in [0.1, 0.15) is 4.99 Å². The summed E-state index contributed by atoms with van der Waals surface area (Å²) in [5, 5.41) is 0. The third kappa shape index (κ3) is 3.93. The number of hydrogen-bond donors (Lipinski definition) is 1. The number of benzene rings is 1. The van der Waals surface area contributed by atoms with Crippen molar-refractivity contribution < 1.29 is 0 Å². The lowest BCUT2D eigenvalue weighted by molar-refractivity contribution is 0.362. The molecule has 1 aliphatic rings. The lowest BCUT2D eigenvalue weighted by Gasteiger charge is -2.29. The first kappa shape index (κ1) is 14.8. The van der Waals surface area contributed by atoms with E-state index >= 15 is 0 Å². The Bertz CT molecular complexity index is 455. The van der Waals surface area contributed by atoms with Crippen LogP contribution < -0.4 is 10.6 Å². The van der Waals surface area contributed by atoms with Gasteiger partial charge < -0.3 is 10.6 Å². The highest BCUT2D eigenvalue weighted by molar-refractivity contribution is 9.10. The summed E-state index contributed by atoms with van der Waals surface area (Å²) in [4.78, 5) is 2.77. The quantitative estimate of drug-likeness (QED) is 0.836. The molecule has 0 aliphatic heterocycles. The lowest BCUT2D eigenvalue weighted by atomic mass is 9.89. The van der Waals surface area contributed by atoms with E-state index in [0.29, 0.717) is 4.99 Å². The van der Waals surface area contributed by atoms with Crippen LogP contribution in [0.5, 0.6) is 0 Å². The Morgan fingerprint density at radius 2 is 2.05 bits per heavy atom. The molecule has 1 saturated carbocycles. The number of nitrogens with zero attached hydrogens (tertiary/aromatic N) is 1. The first-order valence-corrected chi connectivity index (χ1v) is 8.08. The third-order valence-electron chi connectivity index (χ3n) is 3.89. The molecule has 1 fully saturated rings. The Hall–Kier alpha value is -0.610. The summed E-state index contributed by atoms with van der Waals surface area (Å²) in [5.41, 5.74) is 7.94. The number of anilines is 1. The maximum Gasteiger partial charge on any atom is 0.106 e. The van der Waals surface area contributed by atoms with Crippen LogP contribution in [0.15, 0.2) is 22.7 Å². The van der Waals surface area contributed by atoms with Crippen LogP contribution in [0.3, 0.4) is 0 Å². The van der Waals surface area contributed by atoms with Crippen LogP contribution in [-0.4, -0.2) is 18.6 Å². The Morgan fingerprint density at radius 3 is 2.68 bits per heavy atom. The number of rotatable bonds is 4. The minimum absolute atomic E-state index is 0.465. The standard InChI is InChI=1S/C15H21BrN2S/c1-18(10-11-5-3-2-4-6-11)14-8-7-12(16)9-13(14)15(17)19/h7-9,11H,2-6,10H2,1H3,(H2,17,19). The van der Waals surface area contributed by atoms with Gasteiger partial charge in [0.25, 0.3) is 0 Å². The second-order valence-electron chi connectivity index (χ2n) is 5.41. The molecule has 0 spiro atoms. The average Bonchev–Trinajstić information content (AvgIpc) is 2.39. The highest BCUT2D eigenvalue weighted by Gasteiger charge is 2.17. The van der Waals surface area contributed by atoms with Crippen LogP contribution >= 0.6 is 28.1 Å². The van der Waals surface area contributed by atoms with Gasteiger partial charge in [0.2, 0.25) is 0 Å². The highest BCUT2D eigenvalue weighted by Crippen LogP contribution is 2.28. The molecule has 0 unspecified atom stereocenters. The van der Waals surface area contributed by atoms with Gasteiger partial charge in [-0.3, -0.25) is 0 Å². The SMILES string of the molecule is CN(CC1CCCCC1)c1ccc(Br)cc1C(N)=S. The molecular weight excluding hydrogens is 320 g/mol. The van der Waals surface area contributed by atoms with E-state index in [2.05, 4.69) is 40.0 Å². The number of thiocarbonyl (C=S) groups is 1. The van der Waals surface area contributed by atoms with E-state index in [-0.39, 0.29) is 0 Å². The predicted molar refractivity (Wildman–Crippen MR) is 89.9 cm³/mol. The van der Waals surface area contributed by atoms with Crippen molar-refractivity contribution in [3.8, 4) is 0 Å². The Labute approximate surface area is 129 Å². The summed E-state index contributed by atoms with van der Waals surface area (Å²) >= 11 is 8.64. The van der Waals surface area contributed by atoms with Crippen LogP contribution in [0.25, 0.3) is 0 Å². The maximum atomic E-state index is 5.84. The minimum Gasteiger partial charge on any atom is -0.389 e. The van der Waals surface area contributed by atoms with Crippen LogP contribution in [0.2, 0.25) is 0 Å². The fourth-order valence-electron chi connectivity index (χ4n) is 2.89. The van der Waals surface area contributed by atoms with Gasteiger partial charge >= 0.3 is 0 Å². The van der Waals surface area contributed by atoms with E-state index in [1.807, 2.05) is 6.07 Å². The zero-order valence-electron chi connectivity index (χ0n) is 11.4. The van der Waals surface area contributed by atoms with Crippen LogP contribution in [0.1, 0.15) is 37.7 Å². The van der Waals surface area contributed by atoms with Gasteiger partial charge in [0, 0.05) is 29.3 Å². The van der Waals surface area contributed by atoms with Gasteiger partial charge in [-0.15, -0.1) is 0 Å². The first-order chi connectivity index (χ1) is 9.08. The Kier molecular flexibility index (Phi) is 5.22. The molecule has 4 heteroatoms. The molecule has 0 aromatic heterocycles. The van der Waals surface area contributed by atoms with Crippen molar-refractivity contribution in [3.63, 3.8) is 0 Å². The van der Waals surface area contributed by atoms with E-state index in [1.165, 1.54) is 32.1 Å². The largest absolute Gasteiger partial charge is 0.389 e. The predicted octanol–water partition coefficient (Wildman–Crippen LogP) is 4.10. The fourth-order valence-corrected chi connectivity index (χ4v) is 3.42. The molecule has 19 heavy (non-hydrogen) atoms. The van der Waals surface area contributed by atoms with E-state index in [9.17, 15) is 0 Å². The number of nitrogens with two attached hydrogens (primary N) is 1. The number of hydrogen-bond acceptors (Lipinski definition) is 2. The van der Waals surface area contributed by atoms with Crippen molar-refractivity contribution in [3.05, 3.63) is 28.2 Å². The van der Waals surface area contributed by atoms with E-state index in [0.717, 1.165) is 28.2 Å². The van der Waals surface area contributed by atoms with Gasteiger partial charge in [0.15, 0.2) is 0 Å². The van der Waals surface area contributed by atoms with E-state index in [4.69, 9.17) is 18.0 Å². The molecule has 2 rings (SSSR count). The van der Waals surface area contributed by atoms with Crippen molar-refractivity contribution in [1.29, 1.82) is 0 Å². The molecule has 0 saturated heterocycles.